The molecule has 0 aliphatic rings. The molecule has 5 nitrogen and oxygen atoms in total. The maximum Gasteiger partial charge on any atom is 0.341 e. The van der Waals surface area contributed by atoms with Gasteiger partial charge in [0.25, 0.3) is 5.88 Å². The van der Waals surface area contributed by atoms with Gasteiger partial charge < -0.3 is 14.8 Å². The van der Waals surface area contributed by atoms with Crippen LogP contribution in [0.5, 0.6) is 5.88 Å². The first-order valence-electron chi connectivity index (χ1n) is 4.70. The van der Waals surface area contributed by atoms with E-state index in [4.69, 9.17) is 4.74 Å². The third-order valence-electron chi connectivity index (χ3n) is 1.89. The molecule has 0 saturated heterocycles. The van der Waals surface area contributed by atoms with Gasteiger partial charge in [-0.05, 0) is 13.0 Å². The Morgan fingerprint density at radius 3 is 2.75 bits per heavy atom. The summed E-state index contributed by atoms with van der Waals surface area (Å²) in [6.45, 7) is 2.38. The molecule has 0 spiro atoms. The number of nitrogens with one attached hydrogen (secondary N) is 1. The van der Waals surface area contributed by atoms with Crippen LogP contribution in [-0.4, -0.2) is 31.7 Å². The number of ether oxygens (including phenoxy) is 2. The zero-order chi connectivity index (χ0) is 12.1. The lowest BCUT2D eigenvalue weighted by Gasteiger charge is -2.10. The molecule has 0 fully saturated rings. The summed E-state index contributed by atoms with van der Waals surface area (Å²) in [5, 5.41) is 2.83. The van der Waals surface area contributed by atoms with Crippen molar-refractivity contribution in [1.82, 2.24) is 4.98 Å². The Morgan fingerprint density at radius 1 is 1.56 bits per heavy atom. The topological polar surface area (TPSA) is 60.5 Å². The van der Waals surface area contributed by atoms with Gasteiger partial charge in [-0.1, -0.05) is 0 Å². The number of hydrogen-bond donors (Lipinski definition) is 1. The van der Waals surface area contributed by atoms with Crippen LogP contribution >= 0.6 is 0 Å². The lowest BCUT2D eigenvalue weighted by molar-refractivity contribution is 0.0600. The smallest absolute Gasteiger partial charge is 0.341 e. The number of hydrogen-bond acceptors (Lipinski definition) is 5. The fourth-order valence-electron chi connectivity index (χ4n) is 1.18. The lowest BCUT2D eigenvalue weighted by atomic mass is 10.2. The highest BCUT2D eigenvalue weighted by molar-refractivity contribution is 5.94. The molecular weight excluding hydrogens is 215 g/mol. The minimum atomic E-state index is -0.704. The number of nitrogens with zero attached hydrogens (tertiary/aromatic N) is 1. The molecule has 0 aliphatic heterocycles. The van der Waals surface area contributed by atoms with Gasteiger partial charge in [-0.2, -0.15) is 4.98 Å². The van der Waals surface area contributed by atoms with Gasteiger partial charge in [0.2, 0.25) is 0 Å². The average Bonchev–Trinajstić information content (AvgIpc) is 2.30. The van der Waals surface area contributed by atoms with Crippen LogP contribution in [0.2, 0.25) is 0 Å². The Morgan fingerprint density at radius 2 is 2.25 bits per heavy atom. The summed E-state index contributed by atoms with van der Waals surface area (Å²) in [5.41, 5.74) is 0.0441. The summed E-state index contributed by atoms with van der Waals surface area (Å²) in [6.07, 6.45) is 0. The number of aromatic nitrogens is 1. The molecule has 1 rings (SSSR count). The zero-order valence-electron chi connectivity index (χ0n) is 9.33. The second kappa shape index (κ2) is 5.29. The van der Waals surface area contributed by atoms with Crippen molar-refractivity contribution in [2.45, 2.75) is 6.92 Å². The highest BCUT2D eigenvalue weighted by Gasteiger charge is 2.17. The Balaban J connectivity index is 3.24. The summed E-state index contributed by atoms with van der Waals surface area (Å²) in [5.74, 6) is -1.27. The van der Waals surface area contributed by atoms with E-state index in [-0.39, 0.29) is 17.3 Å². The van der Waals surface area contributed by atoms with Crippen molar-refractivity contribution < 1.29 is 18.7 Å². The van der Waals surface area contributed by atoms with E-state index in [2.05, 4.69) is 15.0 Å². The molecule has 0 atom stereocenters. The van der Waals surface area contributed by atoms with E-state index in [1.807, 2.05) is 6.92 Å². The number of methoxy groups -OCH3 is 2. The van der Waals surface area contributed by atoms with Crippen LogP contribution in [0.25, 0.3) is 0 Å². The number of pyridine rings is 1. The number of rotatable bonds is 4. The SMILES string of the molecule is CCNc1nc(OC)c(F)cc1C(=O)OC. The molecule has 1 N–H and O–H groups in total. The zero-order valence-corrected chi connectivity index (χ0v) is 9.33. The van der Waals surface area contributed by atoms with E-state index in [0.717, 1.165) is 6.07 Å². The molecule has 0 bridgehead atoms. The molecule has 88 valence electrons. The first kappa shape index (κ1) is 12.2. The average molecular weight is 228 g/mol. The molecule has 0 aliphatic carbocycles. The van der Waals surface area contributed by atoms with Crippen molar-refractivity contribution in [2.24, 2.45) is 0 Å². The minimum Gasteiger partial charge on any atom is -0.479 e. The minimum absolute atomic E-state index is 0.0441. The molecule has 0 saturated carbocycles. The van der Waals surface area contributed by atoms with Gasteiger partial charge in [0.05, 0.1) is 14.2 Å². The first-order valence-corrected chi connectivity index (χ1v) is 4.70. The maximum absolute atomic E-state index is 13.3. The third-order valence-corrected chi connectivity index (χ3v) is 1.89. The van der Waals surface area contributed by atoms with Crippen LogP contribution in [0.4, 0.5) is 10.2 Å². The predicted octanol–water partition coefficient (Wildman–Crippen LogP) is 1.45. The van der Waals surface area contributed by atoms with E-state index in [9.17, 15) is 9.18 Å². The van der Waals surface area contributed by atoms with Gasteiger partial charge in [-0.3, -0.25) is 0 Å². The summed E-state index contributed by atoms with van der Waals surface area (Å²) in [6, 6.07) is 1.04. The number of carbonyl (C=O) groups is 1. The molecule has 6 heteroatoms. The molecule has 0 amide bonds. The summed E-state index contributed by atoms with van der Waals surface area (Å²) in [7, 11) is 2.53. The number of halogens is 1. The van der Waals surface area contributed by atoms with Gasteiger partial charge >= 0.3 is 5.97 Å². The molecule has 1 aromatic heterocycles. The van der Waals surface area contributed by atoms with Gasteiger partial charge in [0, 0.05) is 6.54 Å². The maximum atomic E-state index is 13.3. The van der Waals surface area contributed by atoms with Gasteiger partial charge in [0.15, 0.2) is 5.82 Å². The number of anilines is 1. The van der Waals surface area contributed by atoms with Crippen molar-refractivity contribution in [3.05, 3.63) is 17.4 Å². The van der Waals surface area contributed by atoms with Crippen LogP contribution in [0, 0.1) is 5.82 Å². The third kappa shape index (κ3) is 2.39. The van der Waals surface area contributed by atoms with Gasteiger partial charge in [-0.15, -0.1) is 0 Å². The number of carbonyl (C=O) groups excluding carboxylic acids is 1. The Hall–Kier alpha value is -1.85. The highest BCUT2D eigenvalue weighted by atomic mass is 19.1. The van der Waals surface area contributed by atoms with Crippen LogP contribution in [0.15, 0.2) is 6.07 Å². The second-order valence-electron chi connectivity index (χ2n) is 2.90. The summed E-state index contributed by atoms with van der Waals surface area (Å²) in [4.78, 5) is 15.2. The standard InChI is InChI=1S/C10H13FN2O3/c1-4-12-8-6(10(14)16-3)5-7(11)9(13-8)15-2/h5H,4H2,1-3H3,(H,12,13). The normalized spacial score (nSPS) is 9.75. The fourth-order valence-corrected chi connectivity index (χ4v) is 1.18. The fraction of sp³-hybridized carbons (Fsp3) is 0.400. The molecule has 0 aromatic carbocycles. The monoisotopic (exact) mass is 228 g/mol. The summed E-state index contributed by atoms with van der Waals surface area (Å²) >= 11 is 0. The molecule has 16 heavy (non-hydrogen) atoms. The number of esters is 1. The first-order chi connectivity index (χ1) is 7.63. The molecule has 0 unspecified atom stereocenters. The van der Waals surface area contributed by atoms with Crippen LogP contribution in [0.1, 0.15) is 17.3 Å². The summed E-state index contributed by atoms with van der Waals surface area (Å²) < 4.78 is 22.6. The lowest BCUT2D eigenvalue weighted by Crippen LogP contribution is -2.11. The Kier molecular flexibility index (Phi) is 4.04. The van der Waals surface area contributed by atoms with Crippen molar-refractivity contribution in [2.75, 3.05) is 26.1 Å². The van der Waals surface area contributed by atoms with Crippen molar-refractivity contribution in [1.29, 1.82) is 0 Å². The van der Waals surface area contributed by atoms with E-state index in [0.29, 0.717) is 6.54 Å². The molecule has 1 heterocycles. The van der Waals surface area contributed by atoms with Crippen molar-refractivity contribution >= 4 is 11.8 Å². The second-order valence-corrected chi connectivity index (χ2v) is 2.90. The molecular formula is C10H13FN2O3. The molecule has 1 aromatic rings. The van der Waals surface area contributed by atoms with E-state index in [1.54, 1.807) is 0 Å². The Bertz CT molecular complexity index is 396. The van der Waals surface area contributed by atoms with Crippen LogP contribution in [-0.2, 0) is 4.74 Å². The van der Waals surface area contributed by atoms with Crippen molar-refractivity contribution in [3.8, 4) is 5.88 Å². The van der Waals surface area contributed by atoms with Gasteiger partial charge in [-0.25, -0.2) is 9.18 Å². The largest absolute Gasteiger partial charge is 0.479 e. The Labute approximate surface area is 92.6 Å². The van der Waals surface area contributed by atoms with E-state index in [1.165, 1.54) is 14.2 Å². The molecule has 0 radical (unpaired) electrons. The highest BCUT2D eigenvalue weighted by Crippen LogP contribution is 2.22. The quantitative estimate of drug-likeness (QED) is 0.790. The predicted molar refractivity (Wildman–Crippen MR) is 56.3 cm³/mol. The van der Waals surface area contributed by atoms with Crippen LogP contribution < -0.4 is 10.1 Å². The van der Waals surface area contributed by atoms with Gasteiger partial charge in [0.1, 0.15) is 11.4 Å². The van der Waals surface area contributed by atoms with E-state index >= 15 is 0 Å². The van der Waals surface area contributed by atoms with E-state index < -0.39 is 11.8 Å². The van der Waals surface area contributed by atoms with Crippen LogP contribution in [0.3, 0.4) is 0 Å². The van der Waals surface area contributed by atoms with Crippen molar-refractivity contribution in [3.63, 3.8) is 0 Å².